The number of ketones is 1. The van der Waals surface area contributed by atoms with Crippen LogP contribution in [0, 0.1) is 6.92 Å². The molecule has 0 fully saturated rings. The maximum Gasteiger partial charge on any atom is 0.188 e. The molecule has 1 unspecified atom stereocenters. The number of hydrogen-bond donors (Lipinski definition) is 1. The summed E-state index contributed by atoms with van der Waals surface area (Å²) in [5, 5.41) is 4.95. The second kappa shape index (κ2) is 5.90. The van der Waals surface area contributed by atoms with E-state index in [1.807, 2.05) is 66.4 Å². The first-order chi connectivity index (χ1) is 12.1. The number of nitrogens with zero attached hydrogens (tertiary/aromatic N) is 2. The van der Waals surface area contributed by atoms with Crippen molar-refractivity contribution in [1.29, 1.82) is 0 Å². The van der Waals surface area contributed by atoms with Gasteiger partial charge in [-0.2, -0.15) is 5.10 Å². The first-order valence-electron chi connectivity index (χ1n) is 7.99. The molecule has 1 N–H and O–H groups in total. The molecule has 2 aromatic carbocycles. The van der Waals surface area contributed by atoms with Gasteiger partial charge in [-0.25, -0.2) is 0 Å². The normalized spacial score (nSPS) is 22.0. The van der Waals surface area contributed by atoms with Gasteiger partial charge in [0.15, 0.2) is 17.3 Å². The third kappa shape index (κ3) is 2.46. The highest BCUT2D eigenvalue weighted by Crippen LogP contribution is 2.39. The molecule has 5 heteroatoms. The maximum atomic E-state index is 11.7. The van der Waals surface area contributed by atoms with Gasteiger partial charge in [0.25, 0.3) is 0 Å². The highest BCUT2D eigenvalue weighted by atomic mass is 35.5. The molecule has 4 rings (SSSR count). The Morgan fingerprint density at radius 1 is 1.08 bits per heavy atom. The predicted molar refractivity (Wildman–Crippen MR) is 101 cm³/mol. The van der Waals surface area contributed by atoms with Crippen LogP contribution in [0.4, 0.5) is 5.69 Å². The smallest absolute Gasteiger partial charge is 0.188 e. The molecule has 25 heavy (non-hydrogen) atoms. The van der Waals surface area contributed by atoms with Crippen LogP contribution in [0.5, 0.6) is 0 Å². The molecule has 0 aromatic heterocycles. The molecule has 1 heterocycles. The number of amidine groups is 1. The van der Waals surface area contributed by atoms with Crippen molar-refractivity contribution < 1.29 is 4.79 Å². The van der Waals surface area contributed by atoms with Crippen LogP contribution in [0.2, 0.25) is 0 Å². The zero-order valence-corrected chi connectivity index (χ0v) is 14.4. The fraction of sp³-hybridized carbons (Fsp3) is 0.100. The van der Waals surface area contributed by atoms with Crippen molar-refractivity contribution in [1.82, 2.24) is 5.43 Å². The Kier molecular flexibility index (Phi) is 3.70. The molecule has 0 amide bonds. The summed E-state index contributed by atoms with van der Waals surface area (Å²) in [6, 6.07) is 17.9. The lowest BCUT2D eigenvalue weighted by Gasteiger charge is -2.39. The number of carbonyl (C=O) groups excluding carboxylic acids is 1. The van der Waals surface area contributed by atoms with Crippen LogP contribution in [-0.4, -0.2) is 17.3 Å². The van der Waals surface area contributed by atoms with E-state index in [0.29, 0.717) is 5.03 Å². The number of anilines is 1. The minimum absolute atomic E-state index is 0.129. The molecular formula is C20H16ClN3O. The monoisotopic (exact) mass is 349 g/mol. The van der Waals surface area contributed by atoms with E-state index in [4.69, 9.17) is 11.6 Å². The van der Waals surface area contributed by atoms with Gasteiger partial charge < -0.3 is 0 Å². The summed E-state index contributed by atoms with van der Waals surface area (Å²) in [4.78, 5) is 13.8. The highest BCUT2D eigenvalue weighted by molar-refractivity contribution is 6.35. The van der Waals surface area contributed by atoms with Crippen LogP contribution in [0.1, 0.15) is 11.1 Å². The molecule has 1 atom stereocenters. The average molecular weight is 350 g/mol. The van der Waals surface area contributed by atoms with Gasteiger partial charge in [-0.1, -0.05) is 60.1 Å². The zero-order chi connectivity index (χ0) is 17.4. The molecule has 0 bridgehead atoms. The van der Waals surface area contributed by atoms with E-state index in [-0.39, 0.29) is 5.78 Å². The topological polar surface area (TPSA) is 44.7 Å². The molecule has 1 spiro atoms. The molecule has 2 aromatic rings. The number of rotatable bonds is 2. The summed E-state index contributed by atoms with van der Waals surface area (Å²) in [5.41, 5.74) is 5.27. The van der Waals surface area contributed by atoms with Gasteiger partial charge in [0.1, 0.15) is 0 Å². The number of benzene rings is 2. The number of halogens is 1. The Labute approximate surface area is 151 Å². The van der Waals surface area contributed by atoms with Crippen molar-refractivity contribution in [2.45, 2.75) is 12.6 Å². The maximum absolute atomic E-state index is 11.7. The quantitative estimate of drug-likeness (QED) is 0.898. The number of para-hydroxylation sites is 1. The molecule has 2 aliphatic rings. The average Bonchev–Trinajstić information content (AvgIpc) is 3.00. The summed E-state index contributed by atoms with van der Waals surface area (Å²) in [6.45, 7) is 2.04. The lowest BCUT2D eigenvalue weighted by atomic mass is 9.98. The van der Waals surface area contributed by atoms with Gasteiger partial charge in [-0.05, 0) is 30.7 Å². The number of allylic oxidation sites excluding steroid dienone is 2. The Hall–Kier alpha value is -2.85. The van der Waals surface area contributed by atoms with Crippen LogP contribution < -0.4 is 10.3 Å². The number of aryl methyl sites for hydroxylation is 1. The van der Waals surface area contributed by atoms with Crippen molar-refractivity contribution in [3.8, 4) is 0 Å². The summed E-state index contributed by atoms with van der Waals surface area (Å²) in [5.74, 6) is 0.621. The fourth-order valence-corrected chi connectivity index (χ4v) is 3.44. The van der Waals surface area contributed by atoms with Crippen molar-refractivity contribution in [2.75, 3.05) is 4.90 Å². The molecule has 1 aliphatic carbocycles. The van der Waals surface area contributed by atoms with Crippen molar-refractivity contribution >= 4 is 28.9 Å². The molecular weight excluding hydrogens is 334 g/mol. The number of nitrogens with one attached hydrogen (secondary N) is 1. The van der Waals surface area contributed by atoms with Gasteiger partial charge in [-0.3, -0.25) is 15.1 Å². The third-order valence-corrected chi connectivity index (χ3v) is 4.80. The molecule has 124 valence electrons. The van der Waals surface area contributed by atoms with Crippen LogP contribution in [0.15, 0.2) is 83.0 Å². The first-order valence-corrected chi connectivity index (χ1v) is 8.37. The van der Waals surface area contributed by atoms with Crippen LogP contribution in [-0.2, 0) is 4.79 Å². The second-order valence-corrected chi connectivity index (χ2v) is 6.44. The summed E-state index contributed by atoms with van der Waals surface area (Å²) >= 11 is 6.54. The van der Waals surface area contributed by atoms with Crippen LogP contribution >= 0.6 is 11.6 Å². The third-order valence-electron chi connectivity index (χ3n) is 4.41. The van der Waals surface area contributed by atoms with E-state index in [1.165, 1.54) is 12.2 Å². The Morgan fingerprint density at radius 3 is 2.52 bits per heavy atom. The van der Waals surface area contributed by atoms with Gasteiger partial charge in [-0.15, -0.1) is 0 Å². The SMILES string of the molecule is Cc1ccccc1N1C(c2ccccc2)=NNC12C=CC(=O)C=C2Cl. The molecule has 4 nitrogen and oxygen atoms in total. The summed E-state index contributed by atoms with van der Waals surface area (Å²) in [7, 11) is 0. The molecule has 0 saturated carbocycles. The first kappa shape index (κ1) is 15.7. The highest BCUT2D eigenvalue weighted by Gasteiger charge is 2.47. The molecule has 0 radical (unpaired) electrons. The largest absolute Gasteiger partial charge is 0.291 e. The van der Waals surface area contributed by atoms with Crippen LogP contribution in [0.25, 0.3) is 0 Å². The zero-order valence-electron chi connectivity index (χ0n) is 13.6. The number of carbonyl (C=O) groups is 1. The Morgan fingerprint density at radius 2 is 1.80 bits per heavy atom. The van der Waals surface area contributed by atoms with Gasteiger partial charge in [0.05, 0.1) is 5.03 Å². The summed E-state index contributed by atoms with van der Waals surface area (Å²) in [6.07, 6.45) is 4.72. The van der Waals surface area contributed by atoms with E-state index in [1.54, 1.807) is 6.08 Å². The minimum atomic E-state index is -0.896. The lowest BCUT2D eigenvalue weighted by Crippen LogP contribution is -2.55. The van der Waals surface area contributed by atoms with E-state index in [2.05, 4.69) is 10.5 Å². The van der Waals surface area contributed by atoms with Crippen molar-refractivity contribution in [3.63, 3.8) is 0 Å². The Bertz CT molecular complexity index is 933. The number of hydrogen-bond acceptors (Lipinski definition) is 4. The van der Waals surface area contributed by atoms with Crippen molar-refractivity contribution in [3.05, 3.63) is 89.0 Å². The van der Waals surface area contributed by atoms with E-state index in [0.717, 1.165) is 22.6 Å². The van der Waals surface area contributed by atoms with E-state index in [9.17, 15) is 4.79 Å². The van der Waals surface area contributed by atoms with Gasteiger partial charge in [0.2, 0.25) is 0 Å². The van der Waals surface area contributed by atoms with Crippen LogP contribution in [0.3, 0.4) is 0 Å². The Balaban J connectivity index is 1.91. The summed E-state index contributed by atoms with van der Waals surface area (Å²) < 4.78 is 0. The van der Waals surface area contributed by atoms with E-state index < -0.39 is 5.66 Å². The molecule has 1 aliphatic heterocycles. The van der Waals surface area contributed by atoms with E-state index >= 15 is 0 Å². The standard InChI is InChI=1S/C20H16ClN3O/c1-14-7-5-6-10-17(14)24-19(15-8-3-2-4-9-15)22-23-20(24)12-11-16(25)13-18(20)21/h2-13,23H,1H3. The lowest BCUT2D eigenvalue weighted by molar-refractivity contribution is -0.110. The van der Waals surface area contributed by atoms with Gasteiger partial charge >= 0.3 is 0 Å². The molecule has 0 saturated heterocycles. The fourth-order valence-electron chi connectivity index (χ4n) is 3.14. The van der Waals surface area contributed by atoms with Crippen molar-refractivity contribution in [2.24, 2.45) is 5.10 Å². The minimum Gasteiger partial charge on any atom is -0.291 e. The second-order valence-electron chi connectivity index (χ2n) is 6.03. The predicted octanol–water partition coefficient (Wildman–Crippen LogP) is 3.72. The van der Waals surface area contributed by atoms with Gasteiger partial charge in [0, 0.05) is 17.3 Å². The number of hydrazone groups is 1.